The molecule has 0 radical (unpaired) electrons. The van der Waals surface area contributed by atoms with Crippen molar-refractivity contribution >= 4 is 83.0 Å². The molecule has 122 heavy (non-hydrogen) atoms. The number of imide groups is 4. The van der Waals surface area contributed by atoms with Gasteiger partial charge >= 0.3 is 24.1 Å². The lowest BCUT2D eigenvalue weighted by atomic mass is 9.98. The van der Waals surface area contributed by atoms with E-state index in [2.05, 4.69) is 110 Å². The highest BCUT2D eigenvalue weighted by Crippen LogP contribution is 2.34. The zero-order valence-corrected chi connectivity index (χ0v) is 66.0. The number of aryl methyl sites for hydroxylation is 1. The lowest BCUT2D eigenvalue weighted by molar-refractivity contribution is -0.123. The number of ether oxygens (including phenoxy) is 5. The van der Waals surface area contributed by atoms with Crippen molar-refractivity contribution < 1.29 is 81.2 Å². The summed E-state index contributed by atoms with van der Waals surface area (Å²) < 4.78 is 26.1. The molecule has 614 valence electrons. The lowest BCUT2D eigenvalue weighted by Crippen LogP contribution is -2.54. The molecule has 0 aliphatic carbocycles. The fraction of sp³-hybridized carbons (Fsp3) is 0.241. The first-order chi connectivity index (χ1) is 58.7. The highest BCUT2D eigenvalue weighted by molar-refractivity contribution is 6.13. The zero-order valence-electron chi connectivity index (χ0n) is 66.0. The third-order valence-electron chi connectivity index (χ3n) is 20.8. The van der Waals surface area contributed by atoms with Crippen LogP contribution in [0.2, 0.25) is 0 Å². The number of aromatic nitrogens is 3. The Hall–Kier alpha value is -16.3. The van der Waals surface area contributed by atoms with E-state index in [1.165, 1.54) is 54.2 Å². The van der Waals surface area contributed by atoms with Crippen LogP contribution in [-0.2, 0) is 50.1 Å². The Bertz CT molecular complexity index is 5850. The molecule has 0 unspecified atom stereocenters. The summed E-state index contributed by atoms with van der Waals surface area (Å²) in [6.45, 7) is 5.51. The van der Waals surface area contributed by atoms with Gasteiger partial charge in [0.25, 0.3) is 47.3 Å². The van der Waals surface area contributed by atoms with Crippen LogP contribution in [-0.4, -0.2) is 209 Å². The van der Waals surface area contributed by atoms with E-state index in [1.807, 2.05) is 37.3 Å². The van der Waals surface area contributed by atoms with Gasteiger partial charge in [-0.25, -0.2) is 29.1 Å². The van der Waals surface area contributed by atoms with Crippen LogP contribution < -0.4 is 72.1 Å². The van der Waals surface area contributed by atoms with Gasteiger partial charge in [-0.3, -0.25) is 64.6 Å². The Balaban J connectivity index is 0.000000133. The van der Waals surface area contributed by atoms with Gasteiger partial charge < -0.3 is 75.2 Å². The molecule has 35 heteroatoms. The number of fused-ring (bicyclic) bond motifs is 4. The number of carbonyl (C=O) groups is 12. The zero-order chi connectivity index (χ0) is 86.2. The minimum absolute atomic E-state index is 0.0767. The van der Waals surface area contributed by atoms with Gasteiger partial charge in [0.1, 0.15) is 40.7 Å². The molecule has 9 aliphatic heterocycles. The van der Waals surface area contributed by atoms with Gasteiger partial charge in [-0.2, -0.15) is 5.26 Å². The molecule has 4 atom stereocenters. The number of carbonyl (C=O) groups excluding carboxylic acids is 12. The highest BCUT2D eigenvalue weighted by atomic mass is 16.5. The Labute approximate surface area is 696 Å². The summed E-state index contributed by atoms with van der Waals surface area (Å²) in [6, 6.07) is 37.5. The smallest absolute Gasteiger partial charge is 0.323 e. The molecule has 0 saturated carbocycles. The molecule has 10 N–H and O–H groups in total. The summed E-state index contributed by atoms with van der Waals surface area (Å²) >= 11 is 0. The number of nitrogens with two attached hydrogens (primary N) is 1. The van der Waals surface area contributed by atoms with Crippen molar-refractivity contribution in [3.05, 3.63) is 230 Å². The predicted octanol–water partition coefficient (Wildman–Crippen LogP) is 2.91. The van der Waals surface area contributed by atoms with Crippen LogP contribution in [0.1, 0.15) is 97.2 Å². The number of amides is 16. The molecule has 8 aromatic rings. The number of pyridine rings is 3. The Morgan fingerprint density at radius 2 is 0.738 bits per heavy atom. The summed E-state index contributed by atoms with van der Waals surface area (Å²) in [5.74, 6) is 22.8. The summed E-state index contributed by atoms with van der Waals surface area (Å²) in [5.41, 5.74) is 7.85. The molecule has 0 bridgehead atoms. The van der Waals surface area contributed by atoms with Gasteiger partial charge in [0, 0.05) is 108 Å². The first-order valence-electron chi connectivity index (χ1n) is 37.7. The van der Waals surface area contributed by atoms with Crippen LogP contribution in [0, 0.1) is 65.6 Å². The number of nitriles is 1. The average Bonchev–Trinajstić information content (AvgIpc) is 1.63. The number of nitrogens with zero attached hydrogens (tertiary/aromatic N) is 9. The Morgan fingerprint density at radius 1 is 0.410 bits per heavy atom. The molecule has 5 aromatic carbocycles. The highest BCUT2D eigenvalue weighted by Gasteiger charge is 2.53. The number of nitrogen functional groups attached to an aromatic ring is 1. The second-order valence-electron chi connectivity index (χ2n) is 28.8. The van der Waals surface area contributed by atoms with Crippen LogP contribution in [0.15, 0.2) is 152 Å². The number of anilines is 2. The molecular formula is C87H74N18O17. The van der Waals surface area contributed by atoms with E-state index in [0.29, 0.717) is 112 Å². The second-order valence-corrected chi connectivity index (χ2v) is 28.8. The number of urea groups is 4. The quantitative estimate of drug-likeness (QED) is 0.0592. The van der Waals surface area contributed by atoms with Crippen molar-refractivity contribution in [3.63, 3.8) is 0 Å². The number of benzene rings is 5. The first kappa shape index (κ1) is 82.2. The van der Waals surface area contributed by atoms with Crippen LogP contribution >= 0.6 is 0 Å². The van der Waals surface area contributed by atoms with Crippen molar-refractivity contribution in [2.75, 3.05) is 91.6 Å². The number of morpholine rings is 1. The van der Waals surface area contributed by atoms with Gasteiger partial charge in [-0.1, -0.05) is 83.8 Å². The second kappa shape index (κ2) is 34.5. The molecule has 12 heterocycles. The lowest BCUT2D eigenvalue weighted by Gasteiger charge is -2.27. The molecular weight excluding hydrogens is 1570 g/mol. The van der Waals surface area contributed by atoms with E-state index in [4.69, 9.17) is 29.4 Å². The van der Waals surface area contributed by atoms with Gasteiger partial charge in [0.2, 0.25) is 22.2 Å². The maximum Gasteiger partial charge on any atom is 0.323 e. The maximum absolute atomic E-state index is 13.0. The summed E-state index contributed by atoms with van der Waals surface area (Å²) in [7, 11) is 6.10. The van der Waals surface area contributed by atoms with Crippen LogP contribution in [0.25, 0.3) is 0 Å². The molecule has 5 saturated heterocycles. The molecule has 16 amide bonds. The standard InChI is InChI=1S/C24H23N5O5.C22H16N4O4.C21H18N4O4.C20H17N5O4/c1-33-18-4-3-17-14-29(21(30)19(17)12-18)15-24(22(31)26-23(32)27-24)7-6-16-2-5-20(25-13-16)28-8-10-34-11-9-28;1-30-17-7-6-16-12-26(19(27)18(16)10-17)13-22(20(28)24-21(29)25-22)9-8-14-4-2-3-5-15(14)11-23;1-13-3-4-14(10-22-13)7-8-21(19(27)23-20(28)24-21)12-25-11-15-5-6-16(29-2)9-17(15)18(25)26;1-29-14-4-3-13-10-25(17(26)15(13)8-14)11-20(18(27)23-19(28)24-20)7-6-12-2-5-16(21)22-9-12/h2-5,12-13H,8-11,14-15H2,1H3,(H2,26,27,31,32);2-7,10H,12-13H2,1H3,(H2,24,25,28,29);3-6,9-10H,11-12H2,1-2H3,(H2,23,24,27,28);2-5,8-9H,10-11H2,1H3,(H2,21,22)(H2,23,24,27,28)/t24-;22-;21-;20-/m1111/s1. The third-order valence-corrected chi connectivity index (χ3v) is 20.8. The van der Waals surface area contributed by atoms with E-state index >= 15 is 0 Å². The van der Waals surface area contributed by atoms with Crippen LogP contribution in [0.4, 0.5) is 30.8 Å². The average molecular weight is 1640 g/mol. The maximum atomic E-state index is 13.0. The van der Waals surface area contributed by atoms with Crippen molar-refractivity contribution in [1.82, 2.24) is 77.1 Å². The number of nitrogens with one attached hydrogen (secondary N) is 8. The molecule has 0 spiro atoms. The van der Waals surface area contributed by atoms with E-state index in [9.17, 15) is 62.8 Å². The van der Waals surface area contributed by atoms with E-state index in [-0.39, 0.29) is 56.4 Å². The fourth-order valence-corrected chi connectivity index (χ4v) is 14.3. The molecule has 17 rings (SSSR count). The number of methoxy groups -OCH3 is 4. The summed E-state index contributed by atoms with van der Waals surface area (Å²) in [5, 5.41) is 28.4. The fourth-order valence-electron chi connectivity index (χ4n) is 14.3. The van der Waals surface area contributed by atoms with Gasteiger partial charge in [-0.15, -0.1) is 0 Å². The van der Waals surface area contributed by atoms with E-state index in [0.717, 1.165) is 46.9 Å². The Morgan fingerprint density at radius 3 is 1.03 bits per heavy atom. The molecule has 5 fully saturated rings. The van der Waals surface area contributed by atoms with E-state index in [1.54, 1.807) is 122 Å². The number of hydrogen-bond donors (Lipinski definition) is 9. The van der Waals surface area contributed by atoms with Crippen LogP contribution in [0.3, 0.4) is 0 Å². The SMILES string of the molecule is COc1ccc2c(c1)C(=O)N(C[C@@]1(C#Cc3ccc(C)nc3)NC(=O)NC1=O)C2.COc1ccc2c(c1)C(=O)N(C[C@@]1(C#Cc3ccc(N)nc3)NC(=O)NC1=O)C2.COc1ccc2c(c1)C(=O)N(C[C@@]1(C#Cc3ccc(N4CCOCC4)nc3)NC(=O)NC1=O)C2.COc1ccc2c(c1)C(=O)N(C[C@@]1(C#Cc3ccccc3C#N)NC(=O)NC1=O)C2. The summed E-state index contributed by atoms with van der Waals surface area (Å²) in [6.07, 6.45) is 4.69. The first-order valence-corrected chi connectivity index (χ1v) is 37.7. The topological polar surface area (TPSA) is 452 Å². The number of hydrogen-bond acceptors (Lipinski definition) is 23. The number of rotatable bonds is 13. The predicted molar refractivity (Wildman–Crippen MR) is 432 cm³/mol. The van der Waals surface area contributed by atoms with Crippen LogP contribution in [0.5, 0.6) is 23.0 Å². The van der Waals surface area contributed by atoms with E-state index < -0.39 is 69.9 Å². The molecule has 3 aromatic heterocycles. The van der Waals surface area contributed by atoms with Crippen molar-refractivity contribution in [2.24, 2.45) is 0 Å². The molecule has 35 nitrogen and oxygen atoms in total. The van der Waals surface area contributed by atoms with Crippen molar-refractivity contribution in [1.29, 1.82) is 5.26 Å². The normalized spacial score (nSPS) is 20.2. The minimum atomic E-state index is -1.62. The van der Waals surface area contributed by atoms with Crippen molar-refractivity contribution in [2.45, 2.75) is 55.3 Å². The Kier molecular flexibility index (Phi) is 23.2. The largest absolute Gasteiger partial charge is 0.497 e. The van der Waals surface area contributed by atoms with Gasteiger partial charge in [0.15, 0.2) is 0 Å². The van der Waals surface area contributed by atoms with Gasteiger partial charge in [-0.05, 0) is 126 Å². The minimum Gasteiger partial charge on any atom is -0.497 e. The van der Waals surface area contributed by atoms with Gasteiger partial charge in [0.05, 0.1) is 73.4 Å². The van der Waals surface area contributed by atoms with Crippen molar-refractivity contribution in [3.8, 4) is 76.4 Å². The summed E-state index contributed by atoms with van der Waals surface area (Å²) in [4.78, 5) is 170. The molecule has 9 aliphatic rings. The monoisotopic (exact) mass is 1640 g/mol. The third kappa shape index (κ3) is 17.4.